The Hall–Kier alpha value is -3.62. The van der Waals surface area contributed by atoms with Gasteiger partial charge >= 0.3 is 5.97 Å². The maximum absolute atomic E-state index is 12.1. The number of rotatable bonds is 6. The summed E-state index contributed by atoms with van der Waals surface area (Å²) in [7, 11) is 0. The molecule has 1 aromatic heterocycles. The van der Waals surface area contributed by atoms with E-state index >= 15 is 0 Å². The van der Waals surface area contributed by atoms with Crippen molar-refractivity contribution >= 4 is 23.7 Å². The molecule has 28 heavy (non-hydrogen) atoms. The molecule has 9 heteroatoms. The number of carbonyl (C=O) groups is 4. The molecule has 1 aliphatic rings. The zero-order chi connectivity index (χ0) is 19.9. The summed E-state index contributed by atoms with van der Waals surface area (Å²) in [5, 5.41) is 0. The fourth-order valence-corrected chi connectivity index (χ4v) is 2.75. The van der Waals surface area contributed by atoms with Crippen molar-refractivity contribution in [2.75, 3.05) is 13.2 Å². The fourth-order valence-electron chi connectivity index (χ4n) is 2.75. The number of nitrogens with zero attached hydrogens (tertiary/aromatic N) is 1. The van der Waals surface area contributed by atoms with Gasteiger partial charge in [0.2, 0.25) is 5.91 Å². The normalized spacial score (nSPS) is 15.9. The molecule has 2 aromatic rings. The first-order valence-corrected chi connectivity index (χ1v) is 8.64. The molecule has 2 heterocycles. The van der Waals surface area contributed by atoms with Gasteiger partial charge in [-0.1, -0.05) is 18.2 Å². The highest BCUT2D eigenvalue weighted by molar-refractivity contribution is 5.95. The highest BCUT2D eigenvalue weighted by Crippen LogP contribution is 2.21. The first-order chi connectivity index (χ1) is 13.5. The van der Waals surface area contributed by atoms with Crippen LogP contribution in [0.2, 0.25) is 0 Å². The van der Waals surface area contributed by atoms with Gasteiger partial charge in [0.25, 0.3) is 11.8 Å². The number of likely N-dealkylation sites (tertiary alicyclic amines) is 1. The molecule has 1 atom stereocenters. The quantitative estimate of drug-likeness (QED) is 0.556. The number of ether oxygens (including phenoxy) is 1. The molecule has 0 aliphatic carbocycles. The SMILES string of the molecule is O=C(COC(=O)[C@H]1CC(=O)N(Cc2ccco2)C1)NNC(=O)c1ccccc1. The van der Waals surface area contributed by atoms with E-state index in [-0.39, 0.29) is 25.4 Å². The van der Waals surface area contributed by atoms with E-state index in [0.29, 0.717) is 11.3 Å². The van der Waals surface area contributed by atoms with E-state index in [0.717, 1.165) is 0 Å². The van der Waals surface area contributed by atoms with Gasteiger partial charge in [0.05, 0.1) is 18.7 Å². The Balaban J connectivity index is 1.39. The van der Waals surface area contributed by atoms with Crippen molar-refractivity contribution in [1.82, 2.24) is 15.8 Å². The van der Waals surface area contributed by atoms with Crippen LogP contribution in [0.4, 0.5) is 0 Å². The number of hydrogen-bond donors (Lipinski definition) is 2. The van der Waals surface area contributed by atoms with Gasteiger partial charge < -0.3 is 14.1 Å². The van der Waals surface area contributed by atoms with E-state index in [1.54, 1.807) is 42.5 Å². The Kier molecular flexibility index (Phi) is 6.05. The van der Waals surface area contributed by atoms with Crippen molar-refractivity contribution in [3.63, 3.8) is 0 Å². The Labute approximate surface area is 160 Å². The number of amides is 3. The van der Waals surface area contributed by atoms with Crippen LogP contribution in [0, 0.1) is 5.92 Å². The fraction of sp³-hybridized carbons (Fsp3) is 0.263. The first kappa shape index (κ1) is 19.2. The van der Waals surface area contributed by atoms with Gasteiger partial charge in [0.1, 0.15) is 5.76 Å². The second-order valence-electron chi connectivity index (χ2n) is 6.23. The third-order valence-corrected chi connectivity index (χ3v) is 4.17. The Morgan fingerprint density at radius 2 is 1.89 bits per heavy atom. The van der Waals surface area contributed by atoms with Crippen molar-refractivity contribution in [3.05, 3.63) is 60.1 Å². The summed E-state index contributed by atoms with van der Waals surface area (Å²) in [6, 6.07) is 11.8. The Morgan fingerprint density at radius 3 is 2.61 bits per heavy atom. The topological polar surface area (TPSA) is 118 Å². The molecule has 3 rings (SSSR count). The van der Waals surface area contributed by atoms with Crippen LogP contribution < -0.4 is 10.9 Å². The summed E-state index contributed by atoms with van der Waals surface area (Å²) in [5.41, 5.74) is 4.77. The van der Waals surface area contributed by atoms with Gasteiger partial charge in [-0.2, -0.15) is 0 Å². The average Bonchev–Trinajstić information content (AvgIpc) is 3.35. The first-order valence-electron chi connectivity index (χ1n) is 8.64. The van der Waals surface area contributed by atoms with Gasteiger partial charge in [-0.25, -0.2) is 0 Å². The standard InChI is InChI=1S/C19H19N3O6/c23-16(20-21-18(25)13-5-2-1-3-6-13)12-28-19(26)14-9-17(24)22(10-14)11-15-7-4-8-27-15/h1-8,14H,9-12H2,(H,20,23)(H,21,25)/t14-/m0/s1. The van der Waals surface area contributed by atoms with E-state index in [4.69, 9.17) is 9.15 Å². The van der Waals surface area contributed by atoms with E-state index in [2.05, 4.69) is 10.9 Å². The number of esters is 1. The Bertz CT molecular complexity index is 850. The molecule has 1 saturated heterocycles. The number of hydrazine groups is 1. The van der Waals surface area contributed by atoms with Crippen molar-refractivity contribution in [2.24, 2.45) is 5.92 Å². The number of nitrogens with one attached hydrogen (secondary N) is 2. The zero-order valence-corrected chi connectivity index (χ0v) is 14.9. The summed E-state index contributed by atoms with van der Waals surface area (Å²) in [4.78, 5) is 49.2. The van der Waals surface area contributed by atoms with Crippen LogP contribution >= 0.6 is 0 Å². The molecular weight excluding hydrogens is 366 g/mol. The molecule has 1 aromatic carbocycles. The van der Waals surface area contributed by atoms with Crippen LogP contribution in [0.1, 0.15) is 22.5 Å². The third-order valence-electron chi connectivity index (χ3n) is 4.17. The average molecular weight is 385 g/mol. The summed E-state index contributed by atoms with van der Waals surface area (Å²) in [5.74, 6) is -2.02. The molecular formula is C19H19N3O6. The minimum Gasteiger partial charge on any atom is -0.467 e. The molecule has 0 spiro atoms. The lowest BCUT2D eigenvalue weighted by Crippen LogP contribution is -2.43. The van der Waals surface area contributed by atoms with Crippen LogP contribution in [-0.4, -0.2) is 41.7 Å². The molecule has 0 saturated carbocycles. The molecule has 146 valence electrons. The maximum atomic E-state index is 12.1. The minimum absolute atomic E-state index is 0.0197. The Morgan fingerprint density at radius 1 is 1.11 bits per heavy atom. The van der Waals surface area contributed by atoms with Crippen molar-refractivity contribution in [1.29, 1.82) is 0 Å². The number of benzene rings is 1. The lowest BCUT2D eigenvalue weighted by Gasteiger charge is -2.14. The molecule has 1 aliphatic heterocycles. The van der Waals surface area contributed by atoms with Crippen LogP contribution in [0.5, 0.6) is 0 Å². The largest absolute Gasteiger partial charge is 0.467 e. The van der Waals surface area contributed by atoms with Gasteiger partial charge in [-0.05, 0) is 24.3 Å². The molecule has 0 unspecified atom stereocenters. The monoisotopic (exact) mass is 385 g/mol. The minimum atomic E-state index is -0.686. The molecule has 3 amide bonds. The lowest BCUT2D eigenvalue weighted by atomic mass is 10.1. The highest BCUT2D eigenvalue weighted by Gasteiger charge is 2.35. The second kappa shape index (κ2) is 8.85. The molecule has 1 fully saturated rings. The van der Waals surface area contributed by atoms with E-state index < -0.39 is 30.3 Å². The van der Waals surface area contributed by atoms with Gasteiger partial charge in [0.15, 0.2) is 6.61 Å². The summed E-state index contributed by atoms with van der Waals surface area (Å²) in [6.07, 6.45) is 1.53. The van der Waals surface area contributed by atoms with Crippen LogP contribution in [-0.2, 0) is 25.7 Å². The summed E-state index contributed by atoms with van der Waals surface area (Å²) < 4.78 is 10.2. The summed E-state index contributed by atoms with van der Waals surface area (Å²) in [6.45, 7) is -0.0802. The second-order valence-corrected chi connectivity index (χ2v) is 6.23. The van der Waals surface area contributed by atoms with Crippen LogP contribution in [0.15, 0.2) is 53.1 Å². The van der Waals surface area contributed by atoms with Crippen molar-refractivity contribution in [3.8, 4) is 0 Å². The zero-order valence-electron chi connectivity index (χ0n) is 14.9. The molecule has 2 N–H and O–H groups in total. The number of furan rings is 1. The molecule has 0 bridgehead atoms. The van der Waals surface area contributed by atoms with Crippen molar-refractivity contribution < 1.29 is 28.3 Å². The predicted molar refractivity (Wildman–Crippen MR) is 95.2 cm³/mol. The highest BCUT2D eigenvalue weighted by atomic mass is 16.5. The molecule has 9 nitrogen and oxygen atoms in total. The number of hydrogen-bond acceptors (Lipinski definition) is 6. The molecule has 0 radical (unpaired) electrons. The van der Waals surface area contributed by atoms with Crippen LogP contribution in [0.25, 0.3) is 0 Å². The third kappa shape index (κ3) is 4.97. The number of carbonyl (C=O) groups excluding carboxylic acids is 4. The van der Waals surface area contributed by atoms with E-state index in [1.807, 2.05) is 0 Å². The maximum Gasteiger partial charge on any atom is 0.311 e. The van der Waals surface area contributed by atoms with Crippen LogP contribution in [0.3, 0.4) is 0 Å². The smallest absolute Gasteiger partial charge is 0.311 e. The van der Waals surface area contributed by atoms with E-state index in [9.17, 15) is 19.2 Å². The van der Waals surface area contributed by atoms with Gasteiger partial charge in [-0.15, -0.1) is 0 Å². The van der Waals surface area contributed by atoms with Crippen molar-refractivity contribution in [2.45, 2.75) is 13.0 Å². The summed E-state index contributed by atoms with van der Waals surface area (Å²) >= 11 is 0. The van der Waals surface area contributed by atoms with Gasteiger partial charge in [0, 0.05) is 18.5 Å². The van der Waals surface area contributed by atoms with Gasteiger partial charge in [-0.3, -0.25) is 30.0 Å². The lowest BCUT2D eigenvalue weighted by molar-refractivity contribution is -0.152. The van der Waals surface area contributed by atoms with E-state index in [1.165, 1.54) is 11.2 Å². The predicted octanol–water partition coefficient (Wildman–Crippen LogP) is 0.632.